The SMILES string of the molecule is O=CC=CCCCCCCCCCl. The van der Waals surface area contributed by atoms with E-state index in [0.29, 0.717) is 0 Å². The molecular formula is C11H19ClO. The van der Waals surface area contributed by atoms with Crippen LogP contribution in [0.2, 0.25) is 0 Å². The van der Waals surface area contributed by atoms with Gasteiger partial charge in [-0.25, -0.2) is 0 Å². The van der Waals surface area contributed by atoms with Crippen molar-refractivity contribution in [3.63, 3.8) is 0 Å². The molecule has 0 unspecified atom stereocenters. The number of halogens is 1. The van der Waals surface area contributed by atoms with Crippen molar-refractivity contribution in [1.29, 1.82) is 0 Å². The third-order valence-electron chi connectivity index (χ3n) is 1.97. The van der Waals surface area contributed by atoms with Gasteiger partial charge in [0.1, 0.15) is 6.29 Å². The van der Waals surface area contributed by atoms with Crippen LogP contribution in [0.3, 0.4) is 0 Å². The largest absolute Gasteiger partial charge is 0.299 e. The van der Waals surface area contributed by atoms with E-state index in [1.165, 1.54) is 32.1 Å². The molecule has 0 atom stereocenters. The predicted octanol–water partition coefficient (Wildman–Crippen LogP) is 3.71. The summed E-state index contributed by atoms with van der Waals surface area (Å²) in [4.78, 5) is 9.91. The maximum Gasteiger partial charge on any atom is 0.142 e. The molecule has 0 saturated carbocycles. The van der Waals surface area contributed by atoms with Crippen LogP contribution in [-0.4, -0.2) is 12.2 Å². The van der Waals surface area contributed by atoms with Gasteiger partial charge in [-0.2, -0.15) is 0 Å². The van der Waals surface area contributed by atoms with Gasteiger partial charge in [-0.1, -0.05) is 31.8 Å². The number of alkyl halides is 1. The fraction of sp³-hybridized carbons (Fsp3) is 0.727. The summed E-state index contributed by atoms with van der Waals surface area (Å²) in [5.41, 5.74) is 0. The number of unbranched alkanes of at least 4 members (excludes halogenated alkanes) is 6. The summed E-state index contributed by atoms with van der Waals surface area (Å²) in [6.45, 7) is 0. The lowest BCUT2D eigenvalue weighted by Gasteiger charge is -1.97. The molecule has 0 aromatic rings. The van der Waals surface area contributed by atoms with Crippen LogP contribution in [-0.2, 0) is 4.79 Å². The van der Waals surface area contributed by atoms with Crippen LogP contribution in [0.25, 0.3) is 0 Å². The van der Waals surface area contributed by atoms with Crippen LogP contribution in [0.4, 0.5) is 0 Å². The van der Waals surface area contributed by atoms with E-state index < -0.39 is 0 Å². The van der Waals surface area contributed by atoms with Crippen LogP contribution in [0.1, 0.15) is 44.9 Å². The Morgan fingerprint density at radius 3 is 2.15 bits per heavy atom. The highest BCUT2D eigenvalue weighted by molar-refractivity contribution is 6.17. The molecule has 0 fully saturated rings. The number of rotatable bonds is 9. The molecule has 0 radical (unpaired) electrons. The number of allylic oxidation sites excluding steroid dienone is 2. The van der Waals surface area contributed by atoms with Gasteiger partial charge < -0.3 is 0 Å². The van der Waals surface area contributed by atoms with Gasteiger partial charge in [0.2, 0.25) is 0 Å². The molecule has 0 aliphatic carbocycles. The molecule has 0 heterocycles. The van der Waals surface area contributed by atoms with E-state index in [2.05, 4.69) is 0 Å². The zero-order valence-electron chi connectivity index (χ0n) is 8.18. The third kappa shape index (κ3) is 11.7. The number of hydrogen-bond acceptors (Lipinski definition) is 1. The number of aldehydes is 1. The van der Waals surface area contributed by atoms with E-state index >= 15 is 0 Å². The van der Waals surface area contributed by atoms with Crippen LogP contribution >= 0.6 is 11.6 Å². The van der Waals surface area contributed by atoms with Crippen molar-refractivity contribution in [3.8, 4) is 0 Å². The van der Waals surface area contributed by atoms with Gasteiger partial charge in [0, 0.05) is 5.88 Å². The van der Waals surface area contributed by atoms with E-state index in [1.807, 2.05) is 6.08 Å². The van der Waals surface area contributed by atoms with Crippen LogP contribution in [0, 0.1) is 0 Å². The fourth-order valence-corrected chi connectivity index (χ4v) is 1.40. The minimum atomic E-state index is 0.794. The summed E-state index contributed by atoms with van der Waals surface area (Å²) >= 11 is 5.56. The standard InChI is InChI=1S/C11H19ClO/c12-10-8-6-4-2-1-3-5-7-9-11-13/h7,9,11H,1-6,8,10H2. The Kier molecular flexibility index (Phi) is 11.4. The molecule has 0 amide bonds. The molecule has 0 spiro atoms. The molecule has 0 aromatic heterocycles. The molecule has 76 valence electrons. The summed E-state index contributed by atoms with van der Waals surface area (Å²) in [5, 5.41) is 0. The summed E-state index contributed by atoms with van der Waals surface area (Å²) in [6.07, 6.45) is 12.8. The normalized spacial score (nSPS) is 10.8. The number of hydrogen-bond donors (Lipinski definition) is 0. The van der Waals surface area contributed by atoms with Gasteiger partial charge in [0.25, 0.3) is 0 Å². The van der Waals surface area contributed by atoms with Crippen molar-refractivity contribution in [1.82, 2.24) is 0 Å². The van der Waals surface area contributed by atoms with Gasteiger partial charge in [0.05, 0.1) is 0 Å². The maximum absolute atomic E-state index is 9.91. The zero-order valence-corrected chi connectivity index (χ0v) is 8.93. The summed E-state index contributed by atoms with van der Waals surface area (Å²) in [5.74, 6) is 0.794. The van der Waals surface area contributed by atoms with Crippen molar-refractivity contribution in [2.45, 2.75) is 44.9 Å². The highest BCUT2D eigenvalue weighted by atomic mass is 35.5. The Morgan fingerprint density at radius 1 is 0.923 bits per heavy atom. The molecule has 1 nitrogen and oxygen atoms in total. The second-order valence-corrected chi connectivity index (χ2v) is 3.54. The smallest absolute Gasteiger partial charge is 0.142 e. The van der Waals surface area contributed by atoms with E-state index in [1.54, 1.807) is 6.08 Å². The van der Waals surface area contributed by atoms with Crippen molar-refractivity contribution < 1.29 is 4.79 Å². The molecular weight excluding hydrogens is 184 g/mol. The zero-order chi connectivity index (χ0) is 9.78. The molecule has 0 bridgehead atoms. The minimum absolute atomic E-state index is 0.794. The van der Waals surface area contributed by atoms with Crippen LogP contribution in [0.5, 0.6) is 0 Å². The third-order valence-corrected chi connectivity index (χ3v) is 2.24. The van der Waals surface area contributed by atoms with Gasteiger partial charge in [0.15, 0.2) is 0 Å². The molecule has 0 aliphatic rings. The second kappa shape index (κ2) is 11.7. The van der Waals surface area contributed by atoms with Crippen molar-refractivity contribution in [2.24, 2.45) is 0 Å². The first-order valence-electron chi connectivity index (χ1n) is 5.08. The van der Waals surface area contributed by atoms with Crippen molar-refractivity contribution in [2.75, 3.05) is 5.88 Å². The van der Waals surface area contributed by atoms with Gasteiger partial charge in [-0.3, -0.25) is 4.79 Å². The van der Waals surface area contributed by atoms with Gasteiger partial charge in [-0.15, -0.1) is 11.6 Å². The Hall–Kier alpha value is -0.300. The summed E-state index contributed by atoms with van der Waals surface area (Å²) in [6, 6.07) is 0. The van der Waals surface area contributed by atoms with Crippen LogP contribution in [0.15, 0.2) is 12.2 Å². The molecule has 0 aliphatic heterocycles. The van der Waals surface area contributed by atoms with E-state index in [9.17, 15) is 4.79 Å². The van der Waals surface area contributed by atoms with E-state index in [4.69, 9.17) is 11.6 Å². The Labute approximate surface area is 86.2 Å². The Bertz CT molecular complexity index is 132. The van der Waals surface area contributed by atoms with Gasteiger partial charge in [-0.05, 0) is 25.3 Å². The fourth-order valence-electron chi connectivity index (χ4n) is 1.22. The molecule has 13 heavy (non-hydrogen) atoms. The van der Waals surface area contributed by atoms with Crippen molar-refractivity contribution in [3.05, 3.63) is 12.2 Å². The Balaban J connectivity index is 2.91. The van der Waals surface area contributed by atoms with Crippen molar-refractivity contribution >= 4 is 17.9 Å². The lowest BCUT2D eigenvalue weighted by molar-refractivity contribution is -0.104. The van der Waals surface area contributed by atoms with E-state index in [0.717, 1.165) is 25.0 Å². The molecule has 0 N–H and O–H groups in total. The number of carbonyl (C=O) groups is 1. The average Bonchev–Trinajstić information content (AvgIpc) is 2.16. The number of carbonyl (C=O) groups excluding carboxylic acids is 1. The predicted molar refractivity (Wildman–Crippen MR) is 58.2 cm³/mol. The lowest BCUT2D eigenvalue weighted by atomic mass is 10.1. The second-order valence-electron chi connectivity index (χ2n) is 3.16. The molecule has 0 aromatic carbocycles. The summed E-state index contributed by atoms with van der Waals surface area (Å²) < 4.78 is 0. The topological polar surface area (TPSA) is 17.1 Å². The molecule has 0 rings (SSSR count). The maximum atomic E-state index is 9.91. The quantitative estimate of drug-likeness (QED) is 0.241. The molecule has 2 heteroatoms. The highest BCUT2D eigenvalue weighted by Crippen LogP contribution is 2.07. The first kappa shape index (κ1) is 12.7. The average molecular weight is 203 g/mol. The highest BCUT2D eigenvalue weighted by Gasteiger charge is 1.89. The summed E-state index contributed by atoms with van der Waals surface area (Å²) in [7, 11) is 0. The van der Waals surface area contributed by atoms with Crippen LogP contribution < -0.4 is 0 Å². The molecule has 0 saturated heterocycles. The van der Waals surface area contributed by atoms with Gasteiger partial charge >= 0.3 is 0 Å². The monoisotopic (exact) mass is 202 g/mol. The van der Waals surface area contributed by atoms with E-state index in [-0.39, 0.29) is 0 Å². The lowest BCUT2D eigenvalue weighted by Crippen LogP contribution is -1.80. The first-order chi connectivity index (χ1) is 6.41. The Morgan fingerprint density at radius 2 is 1.54 bits per heavy atom. The minimum Gasteiger partial charge on any atom is -0.299 e. The first-order valence-corrected chi connectivity index (χ1v) is 5.61.